The molecule has 0 saturated heterocycles. The van der Waals surface area contributed by atoms with Crippen LogP contribution in [-0.4, -0.2) is 22.8 Å². The van der Waals surface area contributed by atoms with E-state index in [4.69, 9.17) is 0 Å². The number of nitrogens with zero attached hydrogens (tertiary/aromatic N) is 1. The summed E-state index contributed by atoms with van der Waals surface area (Å²) < 4.78 is 13.7. The molecule has 1 aliphatic carbocycles. The third-order valence-electron chi connectivity index (χ3n) is 5.83. The van der Waals surface area contributed by atoms with Gasteiger partial charge in [-0.3, -0.25) is 9.59 Å². The molecule has 1 aliphatic rings. The Morgan fingerprint density at radius 3 is 2.25 bits per heavy atom. The molecule has 2 heterocycles. The van der Waals surface area contributed by atoms with Gasteiger partial charge < -0.3 is 10.2 Å². The highest BCUT2D eigenvalue weighted by Gasteiger charge is 2.33. The van der Waals surface area contributed by atoms with Crippen molar-refractivity contribution < 1.29 is 14.0 Å². The Morgan fingerprint density at radius 1 is 0.969 bits per heavy atom. The van der Waals surface area contributed by atoms with Gasteiger partial charge in [0.15, 0.2) is 0 Å². The van der Waals surface area contributed by atoms with Gasteiger partial charge in [0, 0.05) is 15.8 Å². The lowest BCUT2D eigenvalue weighted by Crippen LogP contribution is -2.47. The zero-order valence-electron chi connectivity index (χ0n) is 17.8. The van der Waals surface area contributed by atoms with Gasteiger partial charge in [0.1, 0.15) is 11.9 Å². The maximum Gasteiger partial charge on any atom is 0.247 e. The highest BCUT2D eigenvalue weighted by atomic mass is 32.1. The molecule has 2 amide bonds. The van der Waals surface area contributed by atoms with Crippen LogP contribution in [0.25, 0.3) is 0 Å². The summed E-state index contributed by atoms with van der Waals surface area (Å²) in [6.07, 6.45) is 5.53. The minimum Gasteiger partial charge on any atom is -0.351 e. The molecule has 1 N–H and O–H groups in total. The molecule has 1 aromatic carbocycles. The van der Waals surface area contributed by atoms with Gasteiger partial charge >= 0.3 is 0 Å². The Balaban J connectivity index is 1.66. The molecular formula is C25H27FN2O2S2. The summed E-state index contributed by atoms with van der Waals surface area (Å²) >= 11 is 3.08. The first-order valence-electron chi connectivity index (χ1n) is 11.0. The van der Waals surface area contributed by atoms with E-state index in [1.807, 2.05) is 35.0 Å². The van der Waals surface area contributed by atoms with Gasteiger partial charge in [-0.2, -0.15) is 0 Å². The van der Waals surface area contributed by atoms with Gasteiger partial charge in [0.05, 0.1) is 13.0 Å². The van der Waals surface area contributed by atoms with Crippen molar-refractivity contribution in [2.75, 3.05) is 0 Å². The number of rotatable bonds is 8. The summed E-state index contributed by atoms with van der Waals surface area (Å²) in [5.41, 5.74) is 0.621. The largest absolute Gasteiger partial charge is 0.351 e. The summed E-state index contributed by atoms with van der Waals surface area (Å²) in [7, 11) is 0. The first-order chi connectivity index (χ1) is 15.6. The number of carbonyl (C=O) groups excluding carboxylic acids is 2. The smallest absolute Gasteiger partial charge is 0.247 e. The SMILES string of the molecule is O=C(NC1CCCCC1)[C@H](c1ccc(F)cc1)N(Cc1cccs1)C(=O)Cc1cccs1. The van der Waals surface area contributed by atoms with E-state index < -0.39 is 6.04 Å². The van der Waals surface area contributed by atoms with Gasteiger partial charge in [-0.25, -0.2) is 4.39 Å². The number of nitrogens with one attached hydrogen (secondary N) is 1. The van der Waals surface area contributed by atoms with E-state index in [0.29, 0.717) is 12.1 Å². The second-order valence-corrected chi connectivity index (χ2v) is 10.2. The fourth-order valence-corrected chi connectivity index (χ4v) is 5.60. The minimum absolute atomic E-state index is 0.117. The molecule has 1 fully saturated rings. The number of halogens is 1. The van der Waals surface area contributed by atoms with Crippen LogP contribution in [0, 0.1) is 5.82 Å². The molecule has 3 aromatic rings. The van der Waals surface area contributed by atoms with Crippen molar-refractivity contribution in [1.82, 2.24) is 10.2 Å². The third kappa shape index (κ3) is 5.84. The number of hydrogen-bond donors (Lipinski definition) is 1. The highest BCUT2D eigenvalue weighted by Crippen LogP contribution is 2.28. The summed E-state index contributed by atoms with van der Waals surface area (Å²) in [4.78, 5) is 30.7. The zero-order chi connectivity index (χ0) is 22.3. The lowest BCUT2D eigenvalue weighted by molar-refractivity contribution is -0.141. The number of hydrogen-bond acceptors (Lipinski definition) is 4. The highest BCUT2D eigenvalue weighted by molar-refractivity contribution is 7.10. The molecule has 1 saturated carbocycles. The fourth-order valence-electron chi connectivity index (χ4n) is 4.20. The van der Waals surface area contributed by atoms with Crippen LogP contribution in [-0.2, 0) is 22.6 Å². The fraction of sp³-hybridized carbons (Fsp3) is 0.360. The van der Waals surface area contributed by atoms with E-state index in [0.717, 1.165) is 35.4 Å². The lowest BCUT2D eigenvalue weighted by Gasteiger charge is -2.33. The molecule has 0 bridgehead atoms. The molecule has 32 heavy (non-hydrogen) atoms. The van der Waals surface area contributed by atoms with Crippen LogP contribution in [0.5, 0.6) is 0 Å². The first-order valence-corrected chi connectivity index (χ1v) is 12.8. The quantitative estimate of drug-likeness (QED) is 0.458. The van der Waals surface area contributed by atoms with E-state index >= 15 is 0 Å². The molecule has 0 spiro atoms. The predicted molar refractivity (Wildman–Crippen MR) is 127 cm³/mol. The monoisotopic (exact) mass is 470 g/mol. The van der Waals surface area contributed by atoms with Crippen molar-refractivity contribution >= 4 is 34.5 Å². The molecule has 4 nitrogen and oxygen atoms in total. The molecule has 7 heteroatoms. The minimum atomic E-state index is -0.813. The van der Waals surface area contributed by atoms with E-state index in [9.17, 15) is 14.0 Å². The zero-order valence-corrected chi connectivity index (χ0v) is 19.5. The van der Waals surface area contributed by atoms with Gasteiger partial charge in [0.2, 0.25) is 11.8 Å². The number of amides is 2. The Morgan fingerprint density at radius 2 is 1.62 bits per heavy atom. The van der Waals surface area contributed by atoms with Crippen molar-refractivity contribution in [2.45, 2.75) is 57.2 Å². The number of carbonyl (C=O) groups is 2. The van der Waals surface area contributed by atoms with Crippen LogP contribution in [0.15, 0.2) is 59.3 Å². The molecule has 2 aromatic heterocycles. The molecule has 1 atom stereocenters. The second kappa shape index (κ2) is 10.9. The Hall–Kier alpha value is -2.51. The van der Waals surface area contributed by atoms with Gasteiger partial charge in [-0.1, -0.05) is 43.5 Å². The van der Waals surface area contributed by atoms with E-state index in [1.165, 1.54) is 29.9 Å². The van der Waals surface area contributed by atoms with Crippen molar-refractivity contribution in [2.24, 2.45) is 0 Å². The van der Waals surface area contributed by atoms with Gasteiger partial charge in [-0.05, 0) is 53.4 Å². The summed E-state index contributed by atoms with van der Waals surface area (Å²) in [6.45, 7) is 0.335. The summed E-state index contributed by atoms with van der Waals surface area (Å²) in [5.74, 6) is -0.677. The van der Waals surface area contributed by atoms with Crippen LogP contribution in [0.1, 0.15) is 53.5 Å². The maximum absolute atomic E-state index is 13.7. The van der Waals surface area contributed by atoms with Crippen LogP contribution in [0.3, 0.4) is 0 Å². The van der Waals surface area contributed by atoms with Crippen molar-refractivity contribution in [3.05, 3.63) is 80.4 Å². The van der Waals surface area contributed by atoms with Gasteiger partial charge in [0.25, 0.3) is 0 Å². The van der Waals surface area contributed by atoms with Crippen LogP contribution in [0.2, 0.25) is 0 Å². The summed E-state index contributed by atoms with van der Waals surface area (Å²) in [5, 5.41) is 7.09. The Kier molecular flexibility index (Phi) is 7.71. The average molecular weight is 471 g/mol. The Labute approximate surface area is 196 Å². The normalized spacial score (nSPS) is 15.3. The van der Waals surface area contributed by atoms with Crippen molar-refractivity contribution in [1.29, 1.82) is 0 Å². The summed E-state index contributed by atoms with van der Waals surface area (Å²) in [6, 6.07) is 13.0. The topological polar surface area (TPSA) is 49.4 Å². The van der Waals surface area contributed by atoms with E-state index in [-0.39, 0.29) is 30.1 Å². The van der Waals surface area contributed by atoms with Crippen LogP contribution < -0.4 is 5.32 Å². The molecule has 168 valence electrons. The maximum atomic E-state index is 13.7. The number of thiophene rings is 2. The molecule has 0 aliphatic heterocycles. The Bertz CT molecular complexity index is 997. The van der Waals surface area contributed by atoms with Crippen LogP contribution in [0.4, 0.5) is 4.39 Å². The van der Waals surface area contributed by atoms with Crippen molar-refractivity contribution in [3.63, 3.8) is 0 Å². The standard InChI is InChI=1S/C25H27FN2O2S2/c26-19-12-10-18(11-13-19)24(25(30)27-20-6-2-1-3-7-20)28(17-22-9-5-15-32-22)23(29)16-21-8-4-14-31-21/h4-5,8-15,20,24H,1-3,6-7,16-17H2,(H,27,30)/t24-/m0/s1. The number of benzene rings is 1. The first kappa shape index (κ1) is 22.7. The van der Waals surface area contributed by atoms with E-state index in [1.54, 1.807) is 28.4 Å². The molecular weight excluding hydrogens is 443 g/mol. The average Bonchev–Trinajstić information content (AvgIpc) is 3.49. The van der Waals surface area contributed by atoms with Crippen LogP contribution >= 0.6 is 22.7 Å². The second-order valence-electron chi connectivity index (χ2n) is 8.15. The lowest BCUT2D eigenvalue weighted by atomic mass is 9.94. The van der Waals surface area contributed by atoms with E-state index in [2.05, 4.69) is 5.32 Å². The van der Waals surface area contributed by atoms with Crippen molar-refractivity contribution in [3.8, 4) is 0 Å². The molecule has 0 radical (unpaired) electrons. The predicted octanol–water partition coefficient (Wildman–Crippen LogP) is 5.71. The molecule has 4 rings (SSSR count). The molecule has 0 unspecified atom stereocenters. The van der Waals surface area contributed by atoms with Gasteiger partial charge in [-0.15, -0.1) is 22.7 Å². The third-order valence-corrected chi connectivity index (χ3v) is 7.57.